The molecule has 3 N–H and O–H groups in total. The minimum atomic E-state index is -0.0273. The normalized spacial score (nSPS) is 12.7. The Labute approximate surface area is 106 Å². The predicted molar refractivity (Wildman–Crippen MR) is 71.9 cm³/mol. The average molecular weight is 247 g/mol. The molecule has 17 heavy (non-hydrogen) atoms. The van der Waals surface area contributed by atoms with Crippen LogP contribution in [-0.4, -0.2) is 4.98 Å². The summed E-state index contributed by atoms with van der Waals surface area (Å²) in [4.78, 5) is 5.78. The number of hydrogen-bond acceptors (Lipinski definition) is 4. The molecule has 2 aromatic heterocycles. The first-order valence-electron chi connectivity index (χ1n) is 5.56. The van der Waals surface area contributed by atoms with E-state index in [-0.39, 0.29) is 6.04 Å². The van der Waals surface area contributed by atoms with Crippen molar-refractivity contribution >= 4 is 11.3 Å². The molecule has 0 saturated carbocycles. The first kappa shape index (κ1) is 12.2. The average Bonchev–Trinajstić information content (AvgIpc) is 2.69. The van der Waals surface area contributed by atoms with E-state index in [1.165, 1.54) is 16.0 Å². The fourth-order valence-corrected chi connectivity index (χ4v) is 2.71. The van der Waals surface area contributed by atoms with Crippen LogP contribution in [0, 0.1) is 20.8 Å². The maximum Gasteiger partial charge on any atom is 0.0892 e. The summed E-state index contributed by atoms with van der Waals surface area (Å²) in [5.41, 5.74) is 7.36. The van der Waals surface area contributed by atoms with Gasteiger partial charge in [0.15, 0.2) is 0 Å². The Morgan fingerprint density at radius 3 is 2.59 bits per heavy atom. The van der Waals surface area contributed by atoms with Crippen LogP contribution in [0.3, 0.4) is 0 Å². The van der Waals surface area contributed by atoms with E-state index < -0.39 is 0 Å². The van der Waals surface area contributed by atoms with Crippen LogP contribution >= 0.6 is 11.3 Å². The molecule has 4 heteroatoms. The van der Waals surface area contributed by atoms with Crippen LogP contribution in [0.1, 0.15) is 33.3 Å². The molecule has 2 rings (SSSR count). The molecule has 3 nitrogen and oxygen atoms in total. The second-order valence-corrected chi connectivity index (χ2v) is 5.42. The van der Waals surface area contributed by atoms with Crippen LogP contribution in [0.25, 0.3) is 0 Å². The molecule has 0 aliphatic rings. The van der Waals surface area contributed by atoms with E-state index in [0.717, 1.165) is 11.3 Å². The van der Waals surface area contributed by atoms with Gasteiger partial charge in [-0.1, -0.05) is 6.07 Å². The summed E-state index contributed by atoms with van der Waals surface area (Å²) in [6.07, 6.45) is 1.88. The van der Waals surface area contributed by atoms with Crippen LogP contribution in [0.5, 0.6) is 0 Å². The van der Waals surface area contributed by atoms with Gasteiger partial charge in [0.05, 0.1) is 11.7 Å². The summed E-state index contributed by atoms with van der Waals surface area (Å²) >= 11 is 1.73. The van der Waals surface area contributed by atoms with Crippen molar-refractivity contribution in [1.29, 1.82) is 0 Å². The molecule has 0 spiro atoms. The highest BCUT2D eigenvalue weighted by Gasteiger charge is 2.17. The van der Waals surface area contributed by atoms with Gasteiger partial charge in [0.2, 0.25) is 0 Å². The summed E-state index contributed by atoms with van der Waals surface area (Å²) < 4.78 is 0. The molecule has 1 unspecified atom stereocenters. The third-order valence-electron chi connectivity index (χ3n) is 2.78. The predicted octanol–water partition coefficient (Wildman–Crippen LogP) is 2.62. The summed E-state index contributed by atoms with van der Waals surface area (Å²) in [7, 11) is 0. The monoisotopic (exact) mass is 247 g/mol. The van der Waals surface area contributed by atoms with Crippen LogP contribution < -0.4 is 11.3 Å². The fraction of sp³-hybridized carbons (Fsp3) is 0.308. The van der Waals surface area contributed by atoms with Crippen LogP contribution in [0.4, 0.5) is 0 Å². The zero-order chi connectivity index (χ0) is 12.4. The number of pyridine rings is 1. The van der Waals surface area contributed by atoms with E-state index >= 15 is 0 Å². The molecule has 1 atom stereocenters. The second kappa shape index (κ2) is 4.96. The number of nitrogens with zero attached hydrogens (tertiary/aromatic N) is 1. The minimum Gasteiger partial charge on any atom is -0.271 e. The van der Waals surface area contributed by atoms with Crippen molar-refractivity contribution < 1.29 is 0 Å². The Kier molecular flexibility index (Phi) is 3.57. The molecule has 2 aromatic rings. The number of hydrogen-bond donors (Lipinski definition) is 2. The smallest absolute Gasteiger partial charge is 0.0892 e. The molecule has 0 aromatic carbocycles. The van der Waals surface area contributed by atoms with Gasteiger partial charge in [0.25, 0.3) is 0 Å². The van der Waals surface area contributed by atoms with Gasteiger partial charge in [-0.2, -0.15) is 0 Å². The summed E-state index contributed by atoms with van der Waals surface area (Å²) in [5, 5.41) is 2.13. The Bertz CT molecular complexity index is 519. The number of thiophene rings is 1. The van der Waals surface area contributed by atoms with Crippen LogP contribution in [0.15, 0.2) is 23.7 Å². The third kappa shape index (κ3) is 2.54. The Balaban J connectivity index is 2.42. The number of hydrazine groups is 1. The lowest BCUT2D eigenvalue weighted by atomic mass is 10.0. The van der Waals surface area contributed by atoms with Crippen LogP contribution in [-0.2, 0) is 0 Å². The van der Waals surface area contributed by atoms with Crippen molar-refractivity contribution in [1.82, 2.24) is 10.4 Å². The van der Waals surface area contributed by atoms with Gasteiger partial charge >= 0.3 is 0 Å². The fourth-order valence-electron chi connectivity index (χ4n) is 1.98. The summed E-state index contributed by atoms with van der Waals surface area (Å²) in [6.45, 7) is 6.21. The Hall–Kier alpha value is -1.23. The molecular weight excluding hydrogens is 230 g/mol. The van der Waals surface area contributed by atoms with Gasteiger partial charge in [-0.15, -0.1) is 11.3 Å². The quantitative estimate of drug-likeness (QED) is 0.647. The van der Waals surface area contributed by atoms with Gasteiger partial charge in [-0.3, -0.25) is 10.8 Å². The van der Waals surface area contributed by atoms with E-state index in [4.69, 9.17) is 5.84 Å². The molecule has 0 radical (unpaired) electrons. The highest BCUT2D eigenvalue weighted by atomic mass is 32.1. The van der Waals surface area contributed by atoms with E-state index in [1.807, 2.05) is 13.1 Å². The minimum absolute atomic E-state index is 0.0273. The third-order valence-corrected chi connectivity index (χ3v) is 3.66. The van der Waals surface area contributed by atoms with Gasteiger partial charge in [-0.25, -0.2) is 5.43 Å². The Morgan fingerprint density at radius 1 is 1.29 bits per heavy atom. The summed E-state index contributed by atoms with van der Waals surface area (Å²) in [5.74, 6) is 5.67. The first-order chi connectivity index (χ1) is 8.11. The maximum absolute atomic E-state index is 5.67. The molecule has 2 heterocycles. The molecule has 0 aliphatic heterocycles. The number of nitrogens with two attached hydrogens (primary N) is 1. The molecule has 0 bridgehead atoms. The van der Waals surface area contributed by atoms with E-state index in [2.05, 4.69) is 41.8 Å². The number of nitrogens with one attached hydrogen (secondary N) is 1. The van der Waals surface area contributed by atoms with Crippen LogP contribution in [0.2, 0.25) is 0 Å². The standard InChI is InChI=1S/C13H17N3S/c1-8-4-9(2)12(15-6-8)13(16-14)11-5-10(3)17-7-11/h4-7,13,16H,14H2,1-3H3. The number of aromatic nitrogens is 1. The zero-order valence-corrected chi connectivity index (χ0v) is 11.1. The molecule has 90 valence electrons. The largest absolute Gasteiger partial charge is 0.271 e. The van der Waals surface area contributed by atoms with Crippen molar-refractivity contribution in [2.45, 2.75) is 26.8 Å². The molecular formula is C13H17N3S. The van der Waals surface area contributed by atoms with Crippen molar-refractivity contribution in [2.24, 2.45) is 5.84 Å². The van der Waals surface area contributed by atoms with Crippen molar-refractivity contribution in [3.8, 4) is 0 Å². The highest BCUT2D eigenvalue weighted by Crippen LogP contribution is 2.26. The van der Waals surface area contributed by atoms with E-state index in [1.54, 1.807) is 11.3 Å². The molecule has 0 saturated heterocycles. The van der Waals surface area contributed by atoms with Gasteiger partial charge in [-0.05, 0) is 48.9 Å². The van der Waals surface area contributed by atoms with E-state index in [9.17, 15) is 0 Å². The molecule has 0 aliphatic carbocycles. The maximum atomic E-state index is 5.67. The van der Waals surface area contributed by atoms with E-state index in [0.29, 0.717) is 0 Å². The Morgan fingerprint density at radius 2 is 2.06 bits per heavy atom. The highest BCUT2D eigenvalue weighted by molar-refractivity contribution is 7.10. The van der Waals surface area contributed by atoms with Gasteiger partial charge < -0.3 is 0 Å². The molecule has 0 fully saturated rings. The van der Waals surface area contributed by atoms with Gasteiger partial charge in [0, 0.05) is 11.1 Å². The lowest BCUT2D eigenvalue weighted by molar-refractivity contribution is 0.618. The lowest BCUT2D eigenvalue weighted by Gasteiger charge is -2.16. The second-order valence-electron chi connectivity index (χ2n) is 4.31. The van der Waals surface area contributed by atoms with Crippen molar-refractivity contribution in [3.63, 3.8) is 0 Å². The topological polar surface area (TPSA) is 50.9 Å². The number of aryl methyl sites for hydroxylation is 3. The van der Waals surface area contributed by atoms with Crippen molar-refractivity contribution in [3.05, 3.63) is 51.0 Å². The number of rotatable bonds is 3. The zero-order valence-electron chi connectivity index (χ0n) is 10.3. The first-order valence-corrected chi connectivity index (χ1v) is 6.44. The SMILES string of the molecule is Cc1cnc(C(NN)c2csc(C)c2)c(C)c1. The van der Waals surface area contributed by atoms with Crippen molar-refractivity contribution in [2.75, 3.05) is 0 Å². The van der Waals surface area contributed by atoms with Gasteiger partial charge in [0.1, 0.15) is 0 Å². The molecule has 0 amide bonds. The lowest BCUT2D eigenvalue weighted by Crippen LogP contribution is -2.29. The summed E-state index contributed by atoms with van der Waals surface area (Å²) in [6, 6.07) is 4.25.